The molecule has 3 N–H and O–H groups in total. The highest BCUT2D eigenvalue weighted by molar-refractivity contribution is 4.73. The first-order chi connectivity index (χ1) is 9.72. The molecule has 1 aliphatic rings. The highest BCUT2D eigenvalue weighted by Gasteiger charge is 2.13. The molecule has 0 aromatic rings. The second-order valence-electron chi connectivity index (χ2n) is 6.01. The van der Waals surface area contributed by atoms with Crippen LogP contribution >= 0.6 is 0 Å². The summed E-state index contributed by atoms with van der Waals surface area (Å²) in [6, 6.07) is 0.661. The standard InChI is InChI=1S/C15H33N3.C2H6/c1-4-13(2)5-6-14(3)18-10-9-17-12-15-7-8-16-11-15;1-2/h13-18H,4-12H2,1-3H3;1-2H3/t13-,14+,15+;/m1./s1. The van der Waals surface area contributed by atoms with E-state index < -0.39 is 0 Å². The maximum Gasteiger partial charge on any atom is 0.00792 e. The van der Waals surface area contributed by atoms with Crippen molar-refractivity contribution in [2.45, 2.75) is 66.3 Å². The van der Waals surface area contributed by atoms with E-state index in [4.69, 9.17) is 0 Å². The van der Waals surface area contributed by atoms with Gasteiger partial charge in [0.15, 0.2) is 0 Å². The molecule has 0 aliphatic carbocycles. The smallest absolute Gasteiger partial charge is 0.00792 e. The Bertz CT molecular complexity index is 191. The zero-order valence-corrected chi connectivity index (χ0v) is 14.6. The van der Waals surface area contributed by atoms with Crippen LogP contribution in [-0.2, 0) is 0 Å². The van der Waals surface area contributed by atoms with Crippen molar-refractivity contribution in [3.63, 3.8) is 0 Å². The molecule has 3 nitrogen and oxygen atoms in total. The molecule has 0 radical (unpaired) electrons. The van der Waals surface area contributed by atoms with Crippen molar-refractivity contribution >= 4 is 0 Å². The summed E-state index contributed by atoms with van der Waals surface area (Å²) in [6.45, 7) is 16.7. The summed E-state index contributed by atoms with van der Waals surface area (Å²) in [5.74, 6) is 1.73. The Hall–Kier alpha value is -0.120. The minimum Gasteiger partial charge on any atom is -0.316 e. The molecule has 0 unspecified atom stereocenters. The van der Waals surface area contributed by atoms with Gasteiger partial charge in [-0.1, -0.05) is 34.1 Å². The molecule has 122 valence electrons. The topological polar surface area (TPSA) is 36.1 Å². The Morgan fingerprint density at radius 1 is 1.15 bits per heavy atom. The molecule has 0 spiro atoms. The van der Waals surface area contributed by atoms with Gasteiger partial charge in [0, 0.05) is 19.1 Å². The predicted molar refractivity (Wildman–Crippen MR) is 91.3 cm³/mol. The number of rotatable bonds is 10. The third kappa shape index (κ3) is 10.6. The van der Waals surface area contributed by atoms with Crippen molar-refractivity contribution in [2.24, 2.45) is 11.8 Å². The Morgan fingerprint density at radius 3 is 2.50 bits per heavy atom. The second kappa shape index (κ2) is 13.8. The summed E-state index contributed by atoms with van der Waals surface area (Å²) in [6.07, 6.45) is 5.31. The quantitative estimate of drug-likeness (QED) is 0.540. The lowest BCUT2D eigenvalue weighted by Gasteiger charge is -2.17. The summed E-state index contributed by atoms with van der Waals surface area (Å²) in [7, 11) is 0. The molecule has 0 aromatic carbocycles. The van der Waals surface area contributed by atoms with Crippen molar-refractivity contribution in [1.29, 1.82) is 0 Å². The molecule has 1 rings (SSSR count). The summed E-state index contributed by atoms with van der Waals surface area (Å²) in [5, 5.41) is 10.6. The number of nitrogens with one attached hydrogen (secondary N) is 3. The van der Waals surface area contributed by atoms with Gasteiger partial charge >= 0.3 is 0 Å². The molecule has 0 saturated carbocycles. The predicted octanol–water partition coefficient (Wildman–Crippen LogP) is 3.02. The van der Waals surface area contributed by atoms with Crippen molar-refractivity contribution in [1.82, 2.24) is 16.0 Å². The minimum atomic E-state index is 0.661. The number of hydrogen-bond donors (Lipinski definition) is 3. The lowest BCUT2D eigenvalue weighted by Crippen LogP contribution is -2.35. The molecule has 0 aromatic heterocycles. The maximum absolute atomic E-state index is 3.61. The van der Waals surface area contributed by atoms with Gasteiger partial charge < -0.3 is 16.0 Å². The molecule has 3 atom stereocenters. The number of hydrogen-bond acceptors (Lipinski definition) is 3. The molecular weight excluding hydrogens is 246 g/mol. The largest absolute Gasteiger partial charge is 0.316 e. The molecule has 20 heavy (non-hydrogen) atoms. The Morgan fingerprint density at radius 2 is 1.90 bits per heavy atom. The molecule has 0 amide bonds. The maximum atomic E-state index is 3.61. The molecular formula is C17H39N3. The lowest BCUT2D eigenvalue weighted by atomic mass is 10.00. The van der Waals surface area contributed by atoms with Gasteiger partial charge in [-0.3, -0.25) is 0 Å². The van der Waals surface area contributed by atoms with E-state index in [1.807, 2.05) is 13.8 Å². The van der Waals surface area contributed by atoms with Crippen molar-refractivity contribution in [3.05, 3.63) is 0 Å². The van der Waals surface area contributed by atoms with Gasteiger partial charge in [0.25, 0.3) is 0 Å². The summed E-state index contributed by atoms with van der Waals surface area (Å²) >= 11 is 0. The molecule has 1 heterocycles. The van der Waals surface area contributed by atoms with E-state index in [-0.39, 0.29) is 0 Å². The van der Waals surface area contributed by atoms with Gasteiger partial charge in [-0.25, -0.2) is 0 Å². The van der Waals surface area contributed by atoms with Gasteiger partial charge in [0.2, 0.25) is 0 Å². The fourth-order valence-electron chi connectivity index (χ4n) is 2.44. The third-order valence-corrected chi connectivity index (χ3v) is 4.18. The monoisotopic (exact) mass is 285 g/mol. The summed E-state index contributed by atoms with van der Waals surface area (Å²) < 4.78 is 0. The summed E-state index contributed by atoms with van der Waals surface area (Å²) in [5.41, 5.74) is 0. The van der Waals surface area contributed by atoms with Crippen molar-refractivity contribution in [2.75, 3.05) is 32.7 Å². The van der Waals surface area contributed by atoms with Crippen molar-refractivity contribution in [3.8, 4) is 0 Å². The van der Waals surface area contributed by atoms with Gasteiger partial charge in [-0.15, -0.1) is 0 Å². The van der Waals surface area contributed by atoms with E-state index in [2.05, 4.69) is 36.7 Å². The van der Waals surface area contributed by atoms with Gasteiger partial charge in [-0.05, 0) is 57.7 Å². The van der Waals surface area contributed by atoms with E-state index in [1.165, 1.54) is 45.3 Å². The normalized spacial score (nSPS) is 21.1. The highest BCUT2D eigenvalue weighted by atomic mass is 15.0. The van der Waals surface area contributed by atoms with E-state index in [0.29, 0.717) is 6.04 Å². The first-order valence-corrected chi connectivity index (χ1v) is 8.87. The molecule has 1 fully saturated rings. The highest BCUT2D eigenvalue weighted by Crippen LogP contribution is 2.10. The van der Waals surface area contributed by atoms with Crippen LogP contribution in [0.2, 0.25) is 0 Å². The fraction of sp³-hybridized carbons (Fsp3) is 1.00. The zero-order valence-electron chi connectivity index (χ0n) is 14.6. The minimum absolute atomic E-state index is 0.661. The fourth-order valence-corrected chi connectivity index (χ4v) is 2.44. The molecule has 0 bridgehead atoms. The van der Waals surface area contributed by atoms with Gasteiger partial charge in [-0.2, -0.15) is 0 Å². The first kappa shape index (κ1) is 19.9. The zero-order chi connectivity index (χ0) is 15.2. The Kier molecular flexibility index (Phi) is 13.8. The molecule has 3 heteroatoms. The van der Waals surface area contributed by atoms with Crippen LogP contribution < -0.4 is 16.0 Å². The average molecular weight is 286 g/mol. The van der Waals surface area contributed by atoms with Crippen LogP contribution in [0.1, 0.15) is 60.3 Å². The van der Waals surface area contributed by atoms with Crippen LogP contribution in [-0.4, -0.2) is 38.8 Å². The van der Waals surface area contributed by atoms with Crippen LogP contribution in [0.5, 0.6) is 0 Å². The van der Waals surface area contributed by atoms with E-state index in [0.717, 1.165) is 24.9 Å². The van der Waals surface area contributed by atoms with Crippen LogP contribution in [0.3, 0.4) is 0 Å². The molecule has 1 saturated heterocycles. The van der Waals surface area contributed by atoms with E-state index in [1.54, 1.807) is 0 Å². The van der Waals surface area contributed by atoms with Crippen LogP contribution in [0.25, 0.3) is 0 Å². The second-order valence-corrected chi connectivity index (χ2v) is 6.01. The van der Waals surface area contributed by atoms with Gasteiger partial charge in [0.05, 0.1) is 0 Å². The average Bonchev–Trinajstić information content (AvgIpc) is 2.99. The molecule has 1 aliphatic heterocycles. The van der Waals surface area contributed by atoms with Crippen LogP contribution in [0, 0.1) is 11.8 Å². The van der Waals surface area contributed by atoms with Gasteiger partial charge in [0.1, 0.15) is 0 Å². The Labute approximate surface area is 127 Å². The van der Waals surface area contributed by atoms with Crippen molar-refractivity contribution < 1.29 is 0 Å². The SMILES string of the molecule is CC.CC[C@@H](C)CC[C@H](C)NCCNC[C@H]1CCNC1. The van der Waals surface area contributed by atoms with Crippen LogP contribution in [0.4, 0.5) is 0 Å². The van der Waals surface area contributed by atoms with Crippen LogP contribution in [0.15, 0.2) is 0 Å². The lowest BCUT2D eigenvalue weighted by molar-refractivity contribution is 0.420. The third-order valence-electron chi connectivity index (χ3n) is 4.18. The van der Waals surface area contributed by atoms with E-state index in [9.17, 15) is 0 Å². The van der Waals surface area contributed by atoms with E-state index >= 15 is 0 Å². The first-order valence-electron chi connectivity index (χ1n) is 8.87. The Balaban J connectivity index is 0.00000172. The summed E-state index contributed by atoms with van der Waals surface area (Å²) in [4.78, 5) is 0.